The summed E-state index contributed by atoms with van der Waals surface area (Å²) in [5.74, 6) is -1.60. The number of carboxylic acids is 1. The summed E-state index contributed by atoms with van der Waals surface area (Å²) >= 11 is 0. The van der Waals surface area contributed by atoms with E-state index in [2.05, 4.69) is 0 Å². The average Bonchev–Trinajstić information content (AvgIpc) is 2.84. The van der Waals surface area contributed by atoms with Crippen LogP contribution in [0.4, 0.5) is 0 Å². The van der Waals surface area contributed by atoms with E-state index in [9.17, 15) is 14.7 Å². The molecule has 3 unspecified atom stereocenters. The van der Waals surface area contributed by atoms with Gasteiger partial charge >= 0.3 is 5.97 Å². The normalized spacial score (nSPS) is 23.6. The van der Waals surface area contributed by atoms with E-state index >= 15 is 0 Å². The molecule has 1 heterocycles. The second-order valence-corrected chi connectivity index (χ2v) is 5.39. The monoisotopic (exact) mass is 286 g/mol. The van der Waals surface area contributed by atoms with Gasteiger partial charge in [0.05, 0.1) is 19.3 Å². The van der Waals surface area contributed by atoms with E-state index in [1.54, 1.807) is 4.90 Å². The second kappa shape index (κ2) is 8.21. The number of hydrogen-bond acceptors (Lipinski definition) is 4. The predicted molar refractivity (Wildman–Crippen MR) is 75.2 cm³/mol. The highest BCUT2D eigenvalue weighted by molar-refractivity contribution is 5.79. The molecule has 1 aliphatic rings. The van der Waals surface area contributed by atoms with Crippen molar-refractivity contribution >= 4 is 11.9 Å². The minimum Gasteiger partial charge on any atom is -0.481 e. The molecule has 3 atom stereocenters. The largest absolute Gasteiger partial charge is 0.481 e. The average molecular weight is 286 g/mol. The molecular weight excluding hydrogens is 260 g/mol. The fraction of sp³-hybridized carbons (Fsp3) is 0.857. The Hall–Kier alpha value is -1.14. The summed E-state index contributed by atoms with van der Waals surface area (Å²) in [7, 11) is 0. The SMILES string of the molecule is CCCC(N)CC(=O)N(CCC)C1COCC1C(=O)O. The summed E-state index contributed by atoms with van der Waals surface area (Å²) in [4.78, 5) is 25.3. The highest BCUT2D eigenvalue weighted by Gasteiger charge is 2.39. The first-order valence-corrected chi connectivity index (χ1v) is 7.36. The number of ether oxygens (including phenoxy) is 1. The molecule has 6 heteroatoms. The third-order valence-electron chi connectivity index (χ3n) is 3.65. The molecule has 116 valence electrons. The molecule has 0 spiro atoms. The molecule has 0 aromatic heterocycles. The van der Waals surface area contributed by atoms with E-state index < -0.39 is 11.9 Å². The van der Waals surface area contributed by atoms with E-state index in [-0.39, 0.29) is 31.0 Å². The molecule has 3 N–H and O–H groups in total. The molecule has 1 saturated heterocycles. The number of aliphatic carboxylic acids is 1. The summed E-state index contributed by atoms with van der Waals surface area (Å²) in [5.41, 5.74) is 5.92. The summed E-state index contributed by atoms with van der Waals surface area (Å²) in [6.45, 7) is 5.02. The van der Waals surface area contributed by atoms with Gasteiger partial charge in [0.2, 0.25) is 5.91 Å². The van der Waals surface area contributed by atoms with Crippen molar-refractivity contribution in [2.24, 2.45) is 11.7 Å². The first kappa shape index (κ1) is 16.9. The smallest absolute Gasteiger partial charge is 0.311 e. The van der Waals surface area contributed by atoms with Crippen molar-refractivity contribution in [2.75, 3.05) is 19.8 Å². The van der Waals surface area contributed by atoms with E-state index in [0.717, 1.165) is 19.3 Å². The molecule has 0 radical (unpaired) electrons. The van der Waals surface area contributed by atoms with Crippen LogP contribution in [0.3, 0.4) is 0 Å². The van der Waals surface area contributed by atoms with Crippen molar-refractivity contribution in [2.45, 2.75) is 51.6 Å². The molecule has 0 aromatic rings. The maximum absolute atomic E-state index is 12.4. The molecule has 0 saturated carbocycles. The van der Waals surface area contributed by atoms with Crippen LogP contribution in [0.1, 0.15) is 39.5 Å². The Morgan fingerprint density at radius 1 is 1.35 bits per heavy atom. The van der Waals surface area contributed by atoms with Crippen LogP contribution < -0.4 is 5.73 Å². The Morgan fingerprint density at radius 3 is 2.60 bits per heavy atom. The van der Waals surface area contributed by atoms with Gasteiger partial charge in [-0.3, -0.25) is 9.59 Å². The molecule has 1 amide bonds. The molecule has 0 aliphatic carbocycles. The first-order chi connectivity index (χ1) is 9.51. The Kier molecular flexibility index (Phi) is 6.95. The van der Waals surface area contributed by atoms with Crippen molar-refractivity contribution in [1.82, 2.24) is 4.90 Å². The number of carboxylic acid groups (broad SMARTS) is 1. The van der Waals surface area contributed by atoms with Crippen LogP contribution in [-0.2, 0) is 14.3 Å². The van der Waals surface area contributed by atoms with Crippen LogP contribution in [0.15, 0.2) is 0 Å². The van der Waals surface area contributed by atoms with Crippen LogP contribution >= 0.6 is 0 Å². The van der Waals surface area contributed by atoms with Crippen LogP contribution in [0.5, 0.6) is 0 Å². The summed E-state index contributed by atoms with van der Waals surface area (Å²) in [6.07, 6.45) is 2.80. The zero-order valence-corrected chi connectivity index (χ0v) is 12.4. The highest BCUT2D eigenvalue weighted by Crippen LogP contribution is 2.21. The van der Waals surface area contributed by atoms with Crippen LogP contribution in [0.2, 0.25) is 0 Å². The maximum Gasteiger partial charge on any atom is 0.311 e. The Labute approximate surface area is 120 Å². The molecule has 0 aromatic carbocycles. The highest BCUT2D eigenvalue weighted by atomic mass is 16.5. The fourth-order valence-electron chi connectivity index (χ4n) is 2.62. The zero-order chi connectivity index (χ0) is 15.1. The van der Waals surface area contributed by atoms with Gasteiger partial charge in [-0.1, -0.05) is 20.3 Å². The molecular formula is C14H26N2O4. The van der Waals surface area contributed by atoms with E-state index in [0.29, 0.717) is 13.2 Å². The Bertz CT molecular complexity index is 335. The lowest BCUT2D eigenvalue weighted by molar-refractivity contribution is -0.145. The molecule has 0 bridgehead atoms. The van der Waals surface area contributed by atoms with Gasteiger partial charge in [-0.25, -0.2) is 0 Å². The third kappa shape index (κ3) is 4.45. The number of nitrogens with zero attached hydrogens (tertiary/aromatic N) is 1. The van der Waals surface area contributed by atoms with E-state index in [4.69, 9.17) is 10.5 Å². The lowest BCUT2D eigenvalue weighted by Crippen LogP contribution is -2.48. The van der Waals surface area contributed by atoms with Gasteiger partial charge < -0.3 is 20.5 Å². The number of carbonyl (C=O) groups is 2. The topological polar surface area (TPSA) is 92.9 Å². The van der Waals surface area contributed by atoms with Crippen molar-refractivity contribution in [3.05, 3.63) is 0 Å². The number of amides is 1. The fourth-order valence-corrected chi connectivity index (χ4v) is 2.62. The van der Waals surface area contributed by atoms with E-state index in [1.807, 2.05) is 13.8 Å². The van der Waals surface area contributed by atoms with Crippen molar-refractivity contribution < 1.29 is 19.4 Å². The molecule has 20 heavy (non-hydrogen) atoms. The van der Waals surface area contributed by atoms with Crippen LogP contribution in [-0.4, -0.2) is 53.7 Å². The lowest BCUT2D eigenvalue weighted by atomic mass is 10.0. The number of carbonyl (C=O) groups excluding carboxylic acids is 1. The van der Waals surface area contributed by atoms with Crippen molar-refractivity contribution in [3.8, 4) is 0 Å². The maximum atomic E-state index is 12.4. The number of rotatable bonds is 8. The third-order valence-corrected chi connectivity index (χ3v) is 3.65. The predicted octanol–water partition coefficient (Wildman–Crippen LogP) is 0.842. The van der Waals surface area contributed by atoms with Crippen LogP contribution in [0, 0.1) is 5.92 Å². The molecule has 1 aliphatic heterocycles. The summed E-state index contributed by atoms with van der Waals surface area (Å²) in [6, 6.07) is -0.522. The minimum atomic E-state index is -0.903. The van der Waals surface area contributed by atoms with Gasteiger partial charge in [0.1, 0.15) is 5.92 Å². The van der Waals surface area contributed by atoms with Gasteiger partial charge in [0.15, 0.2) is 0 Å². The Balaban J connectivity index is 2.72. The van der Waals surface area contributed by atoms with Gasteiger partial charge in [0, 0.05) is 19.0 Å². The van der Waals surface area contributed by atoms with Crippen molar-refractivity contribution in [1.29, 1.82) is 0 Å². The molecule has 1 rings (SSSR count). The van der Waals surface area contributed by atoms with Gasteiger partial charge in [0.25, 0.3) is 0 Å². The minimum absolute atomic E-state index is 0.0606. The first-order valence-electron chi connectivity index (χ1n) is 7.36. The van der Waals surface area contributed by atoms with Gasteiger partial charge in [-0.05, 0) is 12.8 Å². The van der Waals surface area contributed by atoms with Gasteiger partial charge in [-0.15, -0.1) is 0 Å². The van der Waals surface area contributed by atoms with E-state index in [1.165, 1.54) is 0 Å². The molecule has 1 fully saturated rings. The number of hydrogen-bond donors (Lipinski definition) is 2. The quantitative estimate of drug-likeness (QED) is 0.690. The Morgan fingerprint density at radius 2 is 2.05 bits per heavy atom. The van der Waals surface area contributed by atoms with Crippen molar-refractivity contribution in [3.63, 3.8) is 0 Å². The zero-order valence-electron chi connectivity index (χ0n) is 12.4. The number of nitrogens with two attached hydrogens (primary N) is 1. The lowest BCUT2D eigenvalue weighted by Gasteiger charge is -2.31. The van der Waals surface area contributed by atoms with Crippen LogP contribution in [0.25, 0.3) is 0 Å². The van der Waals surface area contributed by atoms with Gasteiger partial charge in [-0.2, -0.15) is 0 Å². The molecule has 6 nitrogen and oxygen atoms in total. The summed E-state index contributed by atoms with van der Waals surface area (Å²) < 4.78 is 5.25. The summed E-state index contributed by atoms with van der Waals surface area (Å²) in [5, 5.41) is 9.21. The second-order valence-electron chi connectivity index (χ2n) is 5.39. The standard InChI is InChI=1S/C14H26N2O4/c1-3-5-10(15)7-13(17)16(6-4-2)12-9-20-8-11(12)14(18)19/h10-12H,3-9,15H2,1-2H3,(H,18,19).